The predicted octanol–water partition coefficient (Wildman–Crippen LogP) is 2.49. The Morgan fingerprint density at radius 2 is 1.95 bits per heavy atom. The number of hydrogen-bond acceptors (Lipinski definition) is 3. The van der Waals surface area contributed by atoms with Crippen LogP contribution in [0.3, 0.4) is 0 Å². The summed E-state index contributed by atoms with van der Waals surface area (Å²) in [5, 5.41) is 15.4. The fraction of sp³-hybridized carbons (Fsp3) is 0.667. The summed E-state index contributed by atoms with van der Waals surface area (Å²) < 4.78 is 5.39. The molecule has 0 aliphatic carbocycles. The van der Waals surface area contributed by atoms with Crippen molar-refractivity contribution in [1.29, 1.82) is 0 Å². The molecule has 0 bridgehead atoms. The minimum Gasteiger partial charge on any atom is -0.466 e. The average molecular weight is 282 g/mol. The van der Waals surface area contributed by atoms with E-state index in [1.54, 1.807) is 0 Å². The van der Waals surface area contributed by atoms with Crippen LogP contribution in [0.2, 0.25) is 0 Å². The van der Waals surface area contributed by atoms with Gasteiger partial charge in [-0.2, -0.15) is 0 Å². The molecule has 5 heteroatoms. The molecule has 1 atom stereocenters. The maximum atomic E-state index is 11.7. The van der Waals surface area contributed by atoms with Gasteiger partial charge in [0.05, 0.1) is 6.10 Å². The number of rotatable bonds is 7. The minimum atomic E-state index is -0.492. The molecule has 0 aliphatic heterocycles. The number of amides is 2. The number of furan rings is 1. The fourth-order valence-electron chi connectivity index (χ4n) is 2.29. The van der Waals surface area contributed by atoms with Crippen LogP contribution < -0.4 is 10.6 Å². The van der Waals surface area contributed by atoms with Crippen LogP contribution >= 0.6 is 0 Å². The largest absolute Gasteiger partial charge is 0.466 e. The van der Waals surface area contributed by atoms with Crippen LogP contribution in [0.5, 0.6) is 0 Å². The summed E-state index contributed by atoms with van der Waals surface area (Å²) >= 11 is 0. The van der Waals surface area contributed by atoms with Crippen LogP contribution in [-0.4, -0.2) is 23.8 Å². The van der Waals surface area contributed by atoms with Gasteiger partial charge in [-0.15, -0.1) is 0 Å². The normalized spacial score (nSPS) is 12.5. The molecule has 0 radical (unpaired) electrons. The van der Waals surface area contributed by atoms with Crippen molar-refractivity contribution in [2.45, 2.75) is 53.2 Å². The van der Waals surface area contributed by atoms with Gasteiger partial charge in [-0.05, 0) is 25.8 Å². The van der Waals surface area contributed by atoms with E-state index in [1.807, 2.05) is 33.8 Å². The lowest BCUT2D eigenvalue weighted by molar-refractivity contribution is 0.103. The van der Waals surface area contributed by atoms with Crippen LogP contribution in [0.15, 0.2) is 10.5 Å². The first-order valence-corrected chi connectivity index (χ1v) is 7.23. The van der Waals surface area contributed by atoms with Gasteiger partial charge in [0.2, 0.25) is 0 Å². The zero-order chi connectivity index (χ0) is 15.1. The van der Waals surface area contributed by atoms with Crippen LogP contribution in [0, 0.1) is 19.8 Å². The Balaban J connectivity index is 2.32. The van der Waals surface area contributed by atoms with E-state index in [0.29, 0.717) is 6.54 Å². The van der Waals surface area contributed by atoms with Crippen molar-refractivity contribution < 1.29 is 14.3 Å². The van der Waals surface area contributed by atoms with Crippen LogP contribution in [-0.2, 0) is 6.54 Å². The summed E-state index contributed by atoms with van der Waals surface area (Å²) in [4.78, 5) is 11.7. The van der Waals surface area contributed by atoms with Crippen molar-refractivity contribution >= 4 is 6.03 Å². The van der Waals surface area contributed by atoms with E-state index in [1.165, 1.54) is 0 Å². The van der Waals surface area contributed by atoms with Gasteiger partial charge in [-0.3, -0.25) is 0 Å². The molecule has 1 rings (SSSR count). The van der Waals surface area contributed by atoms with Crippen LogP contribution in [0.25, 0.3) is 0 Å². The maximum absolute atomic E-state index is 11.7. The number of hydrogen-bond donors (Lipinski definition) is 3. The Hall–Kier alpha value is -1.49. The van der Waals surface area contributed by atoms with E-state index >= 15 is 0 Å². The van der Waals surface area contributed by atoms with Crippen molar-refractivity contribution in [2.24, 2.45) is 5.92 Å². The lowest BCUT2D eigenvalue weighted by Crippen LogP contribution is -2.41. The number of urea groups is 1. The predicted molar refractivity (Wildman–Crippen MR) is 78.5 cm³/mol. The van der Waals surface area contributed by atoms with E-state index < -0.39 is 6.10 Å². The SMILES string of the molecule is CCC(CC)C(O)CNC(=O)NCc1cc(C)oc1C. The molecule has 1 aromatic heterocycles. The second-order valence-corrected chi connectivity index (χ2v) is 5.15. The molecule has 114 valence electrons. The van der Waals surface area contributed by atoms with Gasteiger partial charge in [0.1, 0.15) is 11.5 Å². The second kappa shape index (κ2) is 7.94. The smallest absolute Gasteiger partial charge is 0.315 e. The lowest BCUT2D eigenvalue weighted by atomic mass is 9.97. The molecule has 2 amide bonds. The highest BCUT2D eigenvalue weighted by molar-refractivity contribution is 5.73. The third kappa shape index (κ3) is 4.89. The van der Waals surface area contributed by atoms with Crippen LogP contribution in [0.4, 0.5) is 4.79 Å². The Labute approximate surface area is 120 Å². The first kappa shape index (κ1) is 16.6. The third-order valence-corrected chi connectivity index (χ3v) is 3.65. The van der Waals surface area contributed by atoms with Crippen molar-refractivity contribution in [3.05, 3.63) is 23.2 Å². The molecule has 5 nitrogen and oxygen atoms in total. The first-order chi connectivity index (χ1) is 9.47. The summed E-state index contributed by atoms with van der Waals surface area (Å²) in [6, 6.07) is 1.64. The van der Waals surface area contributed by atoms with Crippen molar-refractivity contribution in [3.8, 4) is 0 Å². The summed E-state index contributed by atoms with van der Waals surface area (Å²) in [5.41, 5.74) is 0.971. The highest BCUT2D eigenvalue weighted by Crippen LogP contribution is 2.13. The molecule has 1 aromatic rings. The zero-order valence-electron chi connectivity index (χ0n) is 12.8. The van der Waals surface area contributed by atoms with Gasteiger partial charge in [0.15, 0.2) is 0 Å². The number of carbonyl (C=O) groups excluding carboxylic acids is 1. The number of aryl methyl sites for hydroxylation is 2. The quantitative estimate of drug-likeness (QED) is 0.719. The van der Waals surface area contributed by atoms with Gasteiger partial charge in [0, 0.05) is 18.7 Å². The van der Waals surface area contributed by atoms with Crippen LogP contribution in [0.1, 0.15) is 43.8 Å². The highest BCUT2D eigenvalue weighted by Gasteiger charge is 2.16. The maximum Gasteiger partial charge on any atom is 0.315 e. The molecule has 0 spiro atoms. The van der Waals surface area contributed by atoms with Gasteiger partial charge < -0.3 is 20.2 Å². The summed E-state index contributed by atoms with van der Waals surface area (Å²) in [5.74, 6) is 1.89. The summed E-state index contributed by atoms with van der Waals surface area (Å²) in [6.45, 7) is 8.54. The first-order valence-electron chi connectivity index (χ1n) is 7.23. The molecule has 1 unspecified atom stereocenters. The Bertz CT molecular complexity index is 425. The summed E-state index contributed by atoms with van der Waals surface area (Å²) in [6.07, 6.45) is 1.33. The molecule has 1 heterocycles. The molecular formula is C15H26N2O3. The van der Waals surface area contributed by atoms with Gasteiger partial charge in [0.25, 0.3) is 0 Å². The fourth-order valence-corrected chi connectivity index (χ4v) is 2.29. The Morgan fingerprint density at radius 1 is 1.30 bits per heavy atom. The van der Waals surface area contributed by atoms with E-state index in [2.05, 4.69) is 10.6 Å². The van der Waals surface area contributed by atoms with Crippen molar-refractivity contribution in [3.63, 3.8) is 0 Å². The molecule has 0 aliphatic rings. The third-order valence-electron chi connectivity index (χ3n) is 3.65. The van der Waals surface area contributed by atoms with E-state index in [9.17, 15) is 9.90 Å². The molecule has 0 fully saturated rings. The summed E-state index contributed by atoms with van der Waals surface area (Å²) in [7, 11) is 0. The Kier molecular flexibility index (Phi) is 6.58. The molecular weight excluding hydrogens is 256 g/mol. The number of carbonyl (C=O) groups is 1. The molecule has 3 N–H and O–H groups in total. The van der Waals surface area contributed by atoms with E-state index in [0.717, 1.165) is 29.9 Å². The topological polar surface area (TPSA) is 74.5 Å². The van der Waals surface area contributed by atoms with Crippen molar-refractivity contribution in [1.82, 2.24) is 10.6 Å². The average Bonchev–Trinajstić information content (AvgIpc) is 2.73. The number of nitrogens with one attached hydrogen (secondary N) is 2. The number of aliphatic hydroxyl groups excluding tert-OH is 1. The van der Waals surface area contributed by atoms with E-state index in [4.69, 9.17) is 4.42 Å². The Morgan fingerprint density at radius 3 is 2.45 bits per heavy atom. The lowest BCUT2D eigenvalue weighted by Gasteiger charge is -2.20. The molecule has 0 aromatic carbocycles. The minimum absolute atomic E-state index is 0.231. The van der Waals surface area contributed by atoms with Gasteiger partial charge in [-0.25, -0.2) is 4.79 Å². The molecule has 0 saturated carbocycles. The highest BCUT2D eigenvalue weighted by atomic mass is 16.3. The monoisotopic (exact) mass is 282 g/mol. The van der Waals surface area contributed by atoms with E-state index in [-0.39, 0.29) is 18.5 Å². The molecule has 0 saturated heterocycles. The molecule has 20 heavy (non-hydrogen) atoms. The standard InChI is InChI=1S/C15H26N2O3/c1-5-12(6-2)14(18)9-17-15(19)16-8-13-7-10(3)20-11(13)4/h7,12,14,18H,5-6,8-9H2,1-4H3,(H2,16,17,19). The zero-order valence-corrected chi connectivity index (χ0v) is 12.8. The van der Waals surface area contributed by atoms with Gasteiger partial charge >= 0.3 is 6.03 Å². The van der Waals surface area contributed by atoms with Gasteiger partial charge in [-0.1, -0.05) is 26.7 Å². The number of aliphatic hydroxyl groups is 1. The van der Waals surface area contributed by atoms with Crippen molar-refractivity contribution in [2.75, 3.05) is 6.54 Å². The second-order valence-electron chi connectivity index (χ2n) is 5.15.